The first-order valence-corrected chi connectivity index (χ1v) is 9.55. The van der Waals surface area contributed by atoms with Crippen LogP contribution in [0.1, 0.15) is 42.1 Å². The lowest BCUT2D eigenvalue weighted by atomic mass is 10.1. The van der Waals surface area contributed by atoms with Gasteiger partial charge in [-0.25, -0.2) is 9.18 Å². The molecular weight excluding hydrogens is 363 g/mol. The zero-order valence-corrected chi connectivity index (χ0v) is 16.0. The maximum absolute atomic E-state index is 13.5. The Labute approximate surface area is 162 Å². The predicted molar refractivity (Wildman–Crippen MR) is 105 cm³/mol. The molecule has 1 saturated heterocycles. The van der Waals surface area contributed by atoms with Crippen molar-refractivity contribution in [2.75, 3.05) is 25.4 Å². The van der Waals surface area contributed by atoms with E-state index >= 15 is 0 Å². The van der Waals surface area contributed by atoms with Gasteiger partial charge in [-0.3, -0.25) is 23.6 Å². The van der Waals surface area contributed by atoms with Gasteiger partial charge >= 0.3 is 5.69 Å². The van der Waals surface area contributed by atoms with Gasteiger partial charge in [-0.05, 0) is 50.6 Å². The summed E-state index contributed by atoms with van der Waals surface area (Å²) in [6, 6.07) is 5.79. The molecule has 0 radical (unpaired) electrons. The van der Waals surface area contributed by atoms with Crippen LogP contribution in [-0.4, -0.2) is 39.5 Å². The highest BCUT2D eigenvalue weighted by atomic mass is 19.1. The van der Waals surface area contributed by atoms with Crippen LogP contribution in [0.4, 0.5) is 10.2 Å². The molecule has 0 aliphatic carbocycles. The number of carbonyl (C=O) groups excluding carboxylic acids is 1. The second-order valence-electron chi connectivity index (χ2n) is 7.07. The average molecular weight is 388 g/mol. The number of ketones is 1. The SMILES string of the molecule is CCn1c(=O)c(C(=O)CN2CCCCC2)c(N)n(Cc2cccc(F)c2)c1=O. The number of hydrogen-bond acceptors (Lipinski definition) is 5. The Balaban J connectivity index is 2.03. The maximum Gasteiger partial charge on any atom is 0.332 e. The molecule has 3 rings (SSSR count). The molecule has 1 aromatic heterocycles. The van der Waals surface area contributed by atoms with Crippen LogP contribution in [0.2, 0.25) is 0 Å². The van der Waals surface area contributed by atoms with Crippen molar-refractivity contribution < 1.29 is 9.18 Å². The summed E-state index contributed by atoms with van der Waals surface area (Å²) < 4.78 is 15.7. The fourth-order valence-corrected chi connectivity index (χ4v) is 3.63. The molecule has 2 heterocycles. The molecular formula is C20H25FN4O3. The molecule has 2 N–H and O–H groups in total. The molecule has 0 unspecified atom stereocenters. The first kappa shape index (κ1) is 20.0. The highest BCUT2D eigenvalue weighted by Gasteiger charge is 2.24. The monoisotopic (exact) mass is 388 g/mol. The Morgan fingerprint density at radius 3 is 2.50 bits per heavy atom. The van der Waals surface area contributed by atoms with Gasteiger partial charge in [0.25, 0.3) is 5.56 Å². The molecule has 150 valence electrons. The van der Waals surface area contributed by atoms with Crippen molar-refractivity contribution in [3.63, 3.8) is 0 Å². The summed E-state index contributed by atoms with van der Waals surface area (Å²) in [5, 5.41) is 0. The number of carbonyl (C=O) groups is 1. The van der Waals surface area contributed by atoms with Crippen molar-refractivity contribution in [1.82, 2.24) is 14.0 Å². The molecule has 2 aromatic rings. The standard InChI is InChI=1S/C20H25FN4O3/c1-2-24-19(27)17(16(26)13-23-9-4-3-5-10-23)18(22)25(20(24)28)12-14-7-6-8-15(21)11-14/h6-8,11H,2-5,9-10,12-13,22H2,1H3. The third-order valence-electron chi connectivity index (χ3n) is 5.11. The highest BCUT2D eigenvalue weighted by Crippen LogP contribution is 2.13. The van der Waals surface area contributed by atoms with Gasteiger partial charge in [0.15, 0.2) is 5.78 Å². The number of rotatable bonds is 6. The van der Waals surface area contributed by atoms with E-state index < -0.39 is 17.1 Å². The third-order valence-corrected chi connectivity index (χ3v) is 5.11. The number of nitrogens with zero attached hydrogens (tertiary/aromatic N) is 3. The van der Waals surface area contributed by atoms with E-state index in [4.69, 9.17) is 5.73 Å². The van der Waals surface area contributed by atoms with Crippen LogP contribution in [0.3, 0.4) is 0 Å². The molecule has 1 aliphatic rings. The first-order chi connectivity index (χ1) is 13.4. The van der Waals surface area contributed by atoms with Gasteiger partial charge in [0.1, 0.15) is 17.2 Å². The van der Waals surface area contributed by atoms with Crippen molar-refractivity contribution >= 4 is 11.6 Å². The molecule has 0 bridgehead atoms. The van der Waals surface area contributed by atoms with Gasteiger partial charge in [-0.2, -0.15) is 0 Å². The first-order valence-electron chi connectivity index (χ1n) is 9.55. The number of benzene rings is 1. The van der Waals surface area contributed by atoms with E-state index in [0.29, 0.717) is 5.56 Å². The third kappa shape index (κ3) is 4.06. The summed E-state index contributed by atoms with van der Waals surface area (Å²) in [5.74, 6) is -0.986. The zero-order valence-electron chi connectivity index (χ0n) is 16.0. The summed E-state index contributed by atoms with van der Waals surface area (Å²) in [7, 11) is 0. The van der Waals surface area contributed by atoms with E-state index in [-0.39, 0.29) is 36.8 Å². The number of likely N-dealkylation sites (tertiary alicyclic amines) is 1. The highest BCUT2D eigenvalue weighted by molar-refractivity contribution is 6.01. The van der Waals surface area contributed by atoms with Crippen molar-refractivity contribution in [3.05, 3.63) is 62.0 Å². The second kappa shape index (κ2) is 8.52. The van der Waals surface area contributed by atoms with Crippen LogP contribution in [-0.2, 0) is 13.1 Å². The number of halogens is 1. The van der Waals surface area contributed by atoms with Crippen molar-refractivity contribution in [2.24, 2.45) is 0 Å². The van der Waals surface area contributed by atoms with E-state index in [9.17, 15) is 18.8 Å². The van der Waals surface area contributed by atoms with Crippen LogP contribution < -0.4 is 17.0 Å². The summed E-state index contributed by atoms with van der Waals surface area (Å²) in [5.41, 5.74) is 5.20. The fourth-order valence-electron chi connectivity index (χ4n) is 3.63. The van der Waals surface area contributed by atoms with Crippen LogP contribution in [0.25, 0.3) is 0 Å². The van der Waals surface area contributed by atoms with Crippen molar-refractivity contribution in [3.8, 4) is 0 Å². The lowest BCUT2D eigenvalue weighted by molar-refractivity contribution is 0.0913. The van der Waals surface area contributed by atoms with Crippen molar-refractivity contribution in [2.45, 2.75) is 39.3 Å². The largest absolute Gasteiger partial charge is 0.384 e. The summed E-state index contributed by atoms with van der Waals surface area (Å²) in [6.07, 6.45) is 3.16. The summed E-state index contributed by atoms with van der Waals surface area (Å²) in [6.45, 7) is 3.45. The number of hydrogen-bond donors (Lipinski definition) is 1. The fraction of sp³-hybridized carbons (Fsp3) is 0.450. The van der Waals surface area contributed by atoms with Gasteiger partial charge in [0.2, 0.25) is 0 Å². The van der Waals surface area contributed by atoms with E-state index in [1.807, 2.05) is 4.90 Å². The zero-order chi connectivity index (χ0) is 20.3. The number of piperidine rings is 1. The molecule has 1 aromatic carbocycles. The number of aromatic nitrogens is 2. The molecule has 1 fully saturated rings. The molecule has 28 heavy (non-hydrogen) atoms. The number of nitrogen functional groups attached to an aromatic ring is 1. The summed E-state index contributed by atoms with van der Waals surface area (Å²) >= 11 is 0. The lowest BCUT2D eigenvalue weighted by Gasteiger charge is -2.26. The van der Waals surface area contributed by atoms with Gasteiger partial charge in [-0.1, -0.05) is 18.6 Å². The Morgan fingerprint density at radius 1 is 1.14 bits per heavy atom. The molecule has 8 heteroatoms. The molecule has 0 saturated carbocycles. The minimum Gasteiger partial charge on any atom is -0.384 e. The second-order valence-corrected chi connectivity index (χ2v) is 7.07. The molecule has 0 atom stereocenters. The molecule has 0 spiro atoms. The van der Waals surface area contributed by atoms with Crippen LogP contribution in [0.15, 0.2) is 33.9 Å². The Morgan fingerprint density at radius 2 is 1.86 bits per heavy atom. The Bertz CT molecular complexity index is 990. The normalized spacial score (nSPS) is 14.9. The van der Waals surface area contributed by atoms with E-state index in [0.717, 1.165) is 36.9 Å². The van der Waals surface area contributed by atoms with Gasteiger partial charge in [0, 0.05) is 6.54 Å². The average Bonchev–Trinajstić information content (AvgIpc) is 2.66. The van der Waals surface area contributed by atoms with Gasteiger partial charge < -0.3 is 5.73 Å². The minimum atomic E-state index is -0.664. The molecule has 0 amide bonds. The van der Waals surface area contributed by atoms with E-state index in [2.05, 4.69) is 0 Å². The Hall–Kier alpha value is -2.74. The quantitative estimate of drug-likeness (QED) is 0.757. The van der Waals surface area contributed by atoms with Crippen molar-refractivity contribution in [1.29, 1.82) is 0 Å². The smallest absolute Gasteiger partial charge is 0.332 e. The maximum atomic E-state index is 13.5. The molecule has 7 nitrogen and oxygen atoms in total. The number of Topliss-reactive ketones (excluding diaryl/α,β-unsaturated/α-hetero) is 1. The molecule has 1 aliphatic heterocycles. The lowest BCUT2D eigenvalue weighted by Crippen LogP contribution is -2.45. The van der Waals surface area contributed by atoms with Gasteiger partial charge in [0.05, 0.1) is 13.1 Å². The van der Waals surface area contributed by atoms with Crippen LogP contribution in [0, 0.1) is 5.82 Å². The number of nitrogens with two attached hydrogens (primary N) is 1. The predicted octanol–water partition coefficient (Wildman–Crippen LogP) is 1.47. The minimum absolute atomic E-state index is 0.0211. The summed E-state index contributed by atoms with van der Waals surface area (Å²) in [4.78, 5) is 40.4. The Kier molecular flexibility index (Phi) is 6.08. The van der Waals surface area contributed by atoms with Crippen LogP contribution in [0.5, 0.6) is 0 Å². The van der Waals surface area contributed by atoms with E-state index in [1.54, 1.807) is 13.0 Å². The van der Waals surface area contributed by atoms with Gasteiger partial charge in [-0.15, -0.1) is 0 Å². The van der Waals surface area contributed by atoms with Crippen LogP contribution >= 0.6 is 0 Å². The number of anilines is 1. The topological polar surface area (TPSA) is 90.3 Å². The van der Waals surface area contributed by atoms with E-state index in [1.165, 1.54) is 22.8 Å².